The molecule has 0 saturated heterocycles. The number of rotatable bonds is 3. The third-order valence-electron chi connectivity index (χ3n) is 6.37. The molecular weight excluding hydrogens is 474 g/mol. The van der Waals surface area contributed by atoms with Gasteiger partial charge in [-0.25, -0.2) is 8.78 Å². The van der Waals surface area contributed by atoms with Crippen LogP contribution in [-0.2, 0) is 12.8 Å². The molecule has 0 atom stereocenters. The minimum absolute atomic E-state index is 0.203. The molecule has 0 radical (unpaired) electrons. The van der Waals surface area contributed by atoms with Gasteiger partial charge in [0.1, 0.15) is 0 Å². The number of carbonyl (C=O) groups is 2. The lowest BCUT2D eigenvalue weighted by Gasteiger charge is -2.29. The largest absolute Gasteiger partial charge is 0.335 e. The first kappa shape index (κ1) is 30.3. The molecule has 2 aromatic rings. The van der Waals surface area contributed by atoms with Gasteiger partial charge in [0.15, 0.2) is 0 Å². The summed E-state index contributed by atoms with van der Waals surface area (Å²) in [5.74, 6) is -0.120. The lowest BCUT2D eigenvalue weighted by atomic mass is 9.99. The summed E-state index contributed by atoms with van der Waals surface area (Å²) < 4.78 is 24.6. The van der Waals surface area contributed by atoms with Crippen LogP contribution in [-0.4, -0.2) is 63.7 Å². The summed E-state index contributed by atoms with van der Waals surface area (Å²) in [5.41, 5.74) is 6.87. The van der Waals surface area contributed by atoms with Crippen LogP contribution in [0.2, 0.25) is 0 Å². The second-order valence-corrected chi connectivity index (χ2v) is 9.18. The van der Waals surface area contributed by atoms with Crippen molar-refractivity contribution >= 4 is 11.8 Å². The van der Waals surface area contributed by atoms with E-state index in [-0.39, 0.29) is 11.8 Å². The first-order chi connectivity index (χ1) is 17.7. The van der Waals surface area contributed by atoms with Crippen LogP contribution in [0, 0.1) is 27.7 Å². The molecular formula is C29H42F2N4O2. The Morgan fingerprint density at radius 2 is 1.27 bits per heavy atom. The quantitative estimate of drug-likeness (QED) is 0.512. The highest BCUT2D eigenvalue weighted by Crippen LogP contribution is 2.32. The van der Waals surface area contributed by atoms with Crippen LogP contribution in [0.25, 0.3) is 0 Å². The van der Waals surface area contributed by atoms with E-state index in [0.29, 0.717) is 24.6 Å². The first-order valence-corrected chi connectivity index (χ1v) is 13.5. The van der Waals surface area contributed by atoms with Crippen molar-refractivity contribution < 1.29 is 18.4 Å². The van der Waals surface area contributed by atoms with Crippen LogP contribution in [0.4, 0.5) is 8.78 Å². The Hall–Kier alpha value is -2.90. The molecule has 8 heteroatoms. The fourth-order valence-corrected chi connectivity index (χ4v) is 4.82. The molecule has 204 valence electrons. The van der Waals surface area contributed by atoms with E-state index in [2.05, 4.69) is 9.97 Å². The number of amides is 2. The number of nitrogens with zero attached hydrogens (tertiary/aromatic N) is 4. The monoisotopic (exact) mass is 516 g/mol. The van der Waals surface area contributed by atoms with Gasteiger partial charge in [-0.3, -0.25) is 19.6 Å². The zero-order valence-corrected chi connectivity index (χ0v) is 23.6. The number of aryl methyl sites for hydroxylation is 4. The molecule has 2 aromatic heterocycles. The predicted molar refractivity (Wildman–Crippen MR) is 143 cm³/mol. The lowest BCUT2D eigenvalue weighted by Crippen LogP contribution is -2.41. The van der Waals surface area contributed by atoms with Gasteiger partial charge in [-0.1, -0.05) is 27.7 Å². The number of halogens is 2. The van der Waals surface area contributed by atoms with Gasteiger partial charge in [-0.15, -0.1) is 0 Å². The number of hydrogen-bond donors (Lipinski definition) is 0. The maximum absolute atomic E-state index is 12.3. The van der Waals surface area contributed by atoms with E-state index in [1.54, 1.807) is 0 Å². The third-order valence-corrected chi connectivity index (χ3v) is 6.37. The highest BCUT2D eigenvalue weighted by atomic mass is 19.3. The van der Waals surface area contributed by atoms with Crippen LogP contribution in [0.1, 0.15) is 95.2 Å². The Balaban J connectivity index is 0.000000230. The Morgan fingerprint density at radius 1 is 0.811 bits per heavy atom. The molecule has 2 aliphatic heterocycles. The van der Waals surface area contributed by atoms with Gasteiger partial charge < -0.3 is 9.80 Å². The predicted octanol–water partition coefficient (Wildman–Crippen LogP) is 5.87. The fourth-order valence-electron chi connectivity index (χ4n) is 4.82. The maximum atomic E-state index is 12.3. The normalized spacial score (nSPS) is 16.0. The SMILES string of the molecule is CC.CC.Cc1cc(C)c2c(n1)CCN(C1CC1)C2=O.Cc1cc(C)c2c(n1)CCN(CC(F)F)C2=O. The van der Waals surface area contributed by atoms with Crippen molar-refractivity contribution in [3.8, 4) is 0 Å². The molecule has 0 bridgehead atoms. The van der Waals surface area contributed by atoms with E-state index in [1.807, 2.05) is 72.4 Å². The summed E-state index contributed by atoms with van der Waals surface area (Å²) in [5, 5.41) is 0. The third kappa shape index (κ3) is 7.33. The van der Waals surface area contributed by atoms with Gasteiger partial charge in [0.2, 0.25) is 0 Å². The molecule has 2 amide bonds. The highest BCUT2D eigenvalue weighted by Gasteiger charge is 2.37. The van der Waals surface area contributed by atoms with Gasteiger partial charge in [0.25, 0.3) is 18.2 Å². The molecule has 1 saturated carbocycles. The second-order valence-electron chi connectivity index (χ2n) is 9.18. The molecule has 5 rings (SSSR count). The van der Waals surface area contributed by atoms with Crippen LogP contribution in [0.5, 0.6) is 0 Å². The zero-order chi connectivity index (χ0) is 27.9. The van der Waals surface area contributed by atoms with Gasteiger partial charge in [-0.05, 0) is 63.8 Å². The lowest BCUT2D eigenvalue weighted by molar-refractivity contribution is 0.0534. The molecule has 37 heavy (non-hydrogen) atoms. The molecule has 4 heterocycles. The van der Waals surface area contributed by atoms with E-state index in [0.717, 1.165) is 52.4 Å². The van der Waals surface area contributed by atoms with Crippen LogP contribution < -0.4 is 0 Å². The van der Waals surface area contributed by atoms with Crippen molar-refractivity contribution in [3.05, 3.63) is 57.2 Å². The van der Waals surface area contributed by atoms with Crippen LogP contribution in [0.15, 0.2) is 12.1 Å². The van der Waals surface area contributed by atoms with Crippen molar-refractivity contribution in [1.29, 1.82) is 0 Å². The number of aromatic nitrogens is 2. The van der Waals surface area contributed by atoms with Crippen molar-refractivity contribution in [2.75, 3.05) is 19.6 Å². The van der Waals surface area contributed by atoms with E-state index >= 15 is 0 Å². The fraction of sp³-hybridized carbons (Fsp3) is 0.586. The van der Waals surface area contributed by atoms with Gasteiger partial charge >= 0.3 is 0 Å². The molecule has 1 aliphatic carbocycles. The highest BCUT2D eigenvalue weighted by molar-refractivity contribution is 5.98. The zero-order valence-electron chi connectivity index (χ0n) is 23.6. The number of fused-ring (bicyclic) bond motifs is 2. The molecule has 0 spiro atoms. The standard InChI is InChI=1S/C13H16N2O.C12H14F2N2O.2C2H6/c1-8-7-9(2)14-11-5-6-15(10-3-4-10)13(16)12(8)11;1-7-5-8(2)15-9-3-4-16(6-10(13)14)12(17)11(7)9;2*1-2/h7,10H,3-6H2,1-2H3;5,10H,3-4,6H2,1-2H3;2*1-2H3. The maximum Gasteiger partial charge on any atom is 0.256 e. The minimum atomic E-state index is -2.49. The summed E-state index contributed by atoms with van der Waals surface area (Å²) in [6, 6.07) is 4.33. The average molecular weight is 517 g/mol. The topological polar surface area (TPSA) is 66.4 Å². The van der Waals surface area contributed by atoms with Crippen molar-refractivity contribution in [3.63, 3.8) is 0 Å². The van der Waals surface area contributed by atoms with E-state index in [4.69, 9.17) is 0 Å². The number of hydrogen-bond acceptors (Lipinski definition) is 4. The average Bonchev–Trinajstić information content (AvgIpc) is 3.68. The molecule has 1 fully saturated rings. The van der Waals surface area contributed by atoms with Gasteiger partial charge in [0.05, 0.1) is 29.1 Å². The van der Waals surface area contributed by atoms with Crippen molar-refractivity contribution in [1.82, 2.24) is 19.8 Å². The summed E-state index contributed by atoms with van der Waals surface area (Å²) in [6.07, 6.45) is 1.34. The number of pyridine rings is 2. The molecule has 0 unspecified atom stereocenters. The van der Waals surface area contributed by atoms with Gasteiger partial charge in [-0.2, -0.15) is 0 Å². The van der Waals surface area contributed by atoms with E-state index in [1.165, 1.54) is 17.7 Å². The van der Waals surface area contributed by atoms with Crippen LogP contribution in [0.3, 0.4) is 0 Å². The van der Waals surface area contributed by atoms with Crippen molar-refractivity contribution in [2.45, 2.75) is 93.5 Å². The summed E-state index contributed by atoms with van der Waals surface area (Å²) in [6.45, 7) is 16.4. The number of carbonyl (C=O) groups excluding carboxylic acids is 2. The van der Waals surface area contributed by atoms with Gasteiger partial charge in [0, 0.05) is 43.4 Å². The molecule has 3 aliphatic rings. The van der Waals surface area contributed by atoms with E-state index < -0.39 is 13.0 Å². The summed E-state index contributed by atoms with van der Waals surface area (Å²) >= 11 is 0. The Labute approximate surface area is 220 Å². The Bertz CT molecular complexity index is 1100. The first-order valence-electron chi connectivity index (χ1n) is 13.5. The Morgan fingerprint density at radius 3 is 1.73 bits per heavy atom. The van der Waals surface area contributed by atoms with Crippen molar-refractivity contribution in [2.24, 2.45) is 0 Å². The molecule has 6 nitrogen and oxygen atoms in total. The number of alkyl halides is 2. The molecule has 0 N–H and O–H groups in total. The summed E-state index contributed by atoms with van der Waals surface area (Å²) in [4.78, 5) is 36.4. The molecule has 0 aromatic carbocycles. The smallest absolute Gasteiger partial charge is 0.256 e. The summed E-state index contributed by atoms with van der Waals surface area (Å²) in [7, 11) is 0. The second kappa shape index (κ2) is 13.6. The van der Waals surface area contributed by atoms with E-state index in [9.17, 15) is 18.4 Å². The Kier molecular flexibility index (Phi) is 11.1. The van der Waals surface area contributed by atoms with Crippen LogP contribution >= 0.6 is 0 Å². The minimum Gasteiger partial charge on any atom is -0.335 e.